The first-order valence-electron chi connectivity index (χ1n) is 9.86. The summed E-state index contributed by atoms with van der Waals surface area (Å²) in [5, 5.41) is 0. The van der Waals surface area contributed by atoms with Crippen LogP contribution in [-0.2, 0) is 14.3 Å². The van der Waals surface area contributed by atoms with Crippen LogP contribution in [0.4, 0.5) is 0 Å². The molecular formula is C22H36O3. The van der Waals surface area contributed by atoms with Crippen LogP contribution in [0, 0.1) is 0 Å². The van der Waals surface area contributed by atoms with Gasteiger partial charge in [-0.25, -0.2) is 0 Å². The van der Waals surface area contributed by atoms with Gasteiger partial charge < -0.3 is 4.74 Å². The fraction of sp³-hybridized carbons (Fsp3) is 0.636. The number of allylic oxidation sites excluding steroid dienone is 6. The maximum atomic E-state index is 11.7. The predicted octanol–water partition coefficient (Wildman–Crippen LogP) is 6.10. The SMILES string of the molecule is CCCCC=CC=CC=CCCCCC(=O)CCC(=O)OCCCC. The topological polar surface area (TPSA) is 43.4 Å². The lowest BCUT2D eigenvalue weighted by Crippen LogP contribution is -2.08. The molecule has 142 valence electrons. The lowest BCUT2D eigenvalue weighted by molar-refractivity contribution is -0.144. The molecule has 0 N–H and O–H groups in total. The number of rotatable bonds is 16. The Balaban J connectivity index is 3.53. The number of ketones is 1. The molecule has 0 rings (SSSR count). The van der Waals surface area contributed by atoms with E-state index in [0.717, 1.165) is 38.5 Å². The summed E-state index contributed by atoms with van der Waals surface area (Å²) < 4.78 is 5.04. The number of ether oxygens (including phenoxy) is 1. The first-order chi connectivity index (χ1) is 12.2. The summed E-state index contributed by atoms with van der Waals surface area (Å²) in [6.07, 6.45) is 22.0. The Morgan fingerprint density at radius 3 is 2.00 bits per heavy atom. The molecule has 0 unspecified atom stereocenters. The number of esters is 1. The van der Waals surface area contributed by atoms with Crippen LogP contribution in [0.3, 0.4) is 0 Å². The van der Waals surface area contributed by atoms with Gasteiger partial charge in [0.05, 0.1) is 13.0 Å². The van der Waals surface area contributed by atoms with Crippen LogP contribution in [0.15, 0.2) is 36.5 Å². The average Bonchev–Trinajstić information content (AvgIpc) is 2.61. The third-order valence-electron chi connectivity index (χ3n) is 3.78. The number of hydrogen-bond acceptors (Lipinski definition) is 3. The van der Waals surface area contributed by atoms with E-state index in [-0.39, 0.29) is 18.2 Å². The Bertz CT molecular complexity index is 419. The van der Waals surface area contributed by atoms with Gasteiger partial charge in [-0.1, -0.05) is 69.6 Å². The van der Waals surface area contributed by atoms with Crippen molar-refractivity contribution in [2.24, 2.45) is 0 Å². The molecule has 0 amide bonds. The summed E-state index contributed by atoms with van der Waals surface area (Å²) >= 11 is 0. The average molecular weight is 349 g/mol. The van der Waals surface area contributed by atoms with Gasteiger partial charge in [0.15, 0.2) is 0 Å². The Morgan fingerprint density at radius 2 is 1.36 bits per heavy atom. The van der Waals surface area contributed by atoms with Crippen molar-refractivity contribution in [2.45, 2.75) is 84.5 Å². The molecule has 0 aromatic rings. The Morgan fingerprint density at radius 1 is 0.720 bits per heavy atom. The second kappa shape index (κ2) is 18.7. The molecular weight excluding hydrogens is 312 g/mol. The highest BCUT2D eigenvalue weighted by Crippen LogP contribution is 2.06. The predicted molar refractivity (Wildman–Crippen MR) is 106 cm³/mol. The molecule has 3 heteroatoms. The summed E-state index contributed by atoms with van der Waals surface area (Å²) in [5.41, 5.74) is 0. The van der Waals surface area contributed by atoms with E-state index in [0.29, 0.717) is 19.4 Å². The molecule has 25 heavy (non-hydrogen) atoms. The number of hydrogen-bond donors (Lipinski definition) is 0. The molecule has 0 atom stereocenters. The quantitative estimate of drug-likeness (QED) is 0.192. The van der Waals surface area contributed by atoms with Gasteiger partial charge in [-0.2, -0.15) is 0 Å². The molecule has 0 aromatic carbocycles. The number of Topliss-reactive ketones (excluding diaryl/α,β-unsaturated/α-hetero) is 1. The van der Waals surface area contributed by atoms with E-state index < -0.39 is 0 Å². The van der Waals surface area contributed by atoms with E-state index in [1.54, 1.807) is 0 Å². The van der Waals surface area contributed by atoms with Crippen LogP contribution in [0.1, 0.15) is 84.5 Å². The highest BCUT2D eigenvalue weighted by molar-refractivity contribution is 5.82. The summed E-state index contributed by atoms with van der Waals surface area (Å²) in [5.74, 6) is -0.0891. The van der Waals surface area contributed by atoms with Crippen molar-refractivity contribution in [3.63, 3.8) is 0 Å². The molecule has 0 bridgehead atoms. The third kappa shape index (κ3) is 18.5. The van der Waals surface area contributed by atoms with Crippen LogP contribution in [-0.4, -0.2) is 18.4 Å². The zero-order valence-corrected chi connectivity index (χ0v) is 16.2. The van der Waals surface area contributed by atoms with Gasteiger partial charge in [0.2, 0.25) is 0 Å². The van der Waals surface area contributed by atoms with E-state index in [1.165, 1.54) is 12.8 Å². The van der Waals surface area contributed by atoms with Crippen molar-refractivity contribution in [1.82, 2.24) is 0 Å². The lowest BCUT2D eigenvalue weighted by atomic mass is 10.1. The maximum absolute atomic E-state index is 11.7. The highest BCUT2D eigenvalue weighted by atomic mass is 16.5. The van der Waals surface area contributed by atoms with E-state index >= 15 is 0 Å². The van der Waals surface area contributed by atoms with Crippen molar-refractivity contribution >= 4 is 11.8 Å². The first-order valence-corrected chi connectivity index (χ1v) is 9.86. The summed E-state index contributed by atoms with van der Waals surface area (Å²) in [7, 11) is 0. The molecule has 0 heterocycles. The van der Waals surface area contributed by atoms with Crippen molar-refractivity contribution in [3.8, 4) is 0 Å². The monoisotopic (exact) mass is 348 g/mol. The van der Waals surface area contributed by atoms with Crippen LogP contribution >= 0.6 is 0 Å². The molecule has 0 fully saturated rings. The van der Waals surface area contributed by atoms with Gasteiger partial charge in [-0.05, 0) is 32.1 Å². The van der Waals surface area contributed by atoms with Gasteiger partial charge in [0, 0.05) is 12.8 Å². The summed E-state index contributed by atoms with van der Waals surface area (Å²) in [6.45, 7) is 4.72. The normalized spacial score (nSPS) is 11.8. The zero-order valence-electron chi connectivity index (χ0n) is 16.2. The largest absolute Gasteiger partial charge is 0.466 e. The highest BCUT2D eigenvalue weighted by Gasteiger charge is 2.07. The molecule has 3 nitrogen and oxygen atoms in total. The number of unbranched alkanes of at least 4 members (excludes halogenated alkanes) is 5. The second-order valence-corrected chi connectivity index (χ2v) is 6.24. The minimum Gasteiger partial charge on any atom is -0.466 e. The molecule has 0 radical (unpaired) electrons. The van der Waals surface area contributed by atoms with Crippen molar-refractivity contribution in [2.75, 3.05) is 6.61 Å². The Kier molecular flexibility index (Phi) is 17.5. The number of carbonyl (C=O) groups excluding carboxylic acids is 2. The lowest BCUT2D eigenvalue weighted by Gasteiger charge is -2.03. The van der Waals surface area contributed by atoms with Crippen LogP contribution < -0.4 is 0 Å². The molecule has 0 saturated carbocycles. The zero-order chi connectivity index (χ0) is 18.6. The van der Waals surface area contributed by atoms with E-state index in [1.807, 2.05) is 6.08 Å². The molecule has 0 aromatic heterocycles. The van der Waals surface area contributed by atoms with Crippen LogP contribution in [0.25, 0.3) is 0 Å². The standard InChI is InChI=1S/C22H36O3/c1-3-5-7-8-9-10-11-12-13-14-15-16-17-21(23)18-19-22(24)25-20-6-4-2/h8-13H,3-7,14-20H2,1-2H3. The fourth-order valence-electron chi connectivity index (χ4n) is 2.15. The van der Waals surface area contributed by atoms with Gasteiger partial charge in [-0.3, -0.25) is 9.59 Å². The first kappa shape index (κ1) is 23.4. The Labute approximate surface area is 154 Å². The summed E-state index contributed by atoms with van der Waals surface area (Å²) in [4.78, 5) is 23.1. The Hall–Kier alpha value is -1.64. The third-order valence-corrected chi connectivity index (χ3v) is 3.78. The molecule has 0 aliphatic heterocycles. The van der Waals surface area contributed by atoms with Crippen LogP contribution in [0.5, 0.6) is 0 Å². The van der Waals surface area contributed by atoms with Gasteiger partial charge >= 0.3 is 5.97 Å². The second-order valence-electron chi connectivity index (χ2n) is 6.24. The van der Waals surface area contributed by atoms with Crippen molar-refractivity contribution < 1.29 is 14.3 Å². The van der Waals surface area contributed by atoms with Gasteiger partial charge in [-0.15, -0.1) is 0 Å². The molecule has 0 spiro atoms. The van der Waals surface area contributed by atoms with E-state index in [4.69, 9.17) is 4.74 Å². The van der Waals surface area contributed by atoms with Crippen molar-refractivity contribution in [3.05, 3.63) is 36.5 Å². The molecule has 0 saturated heterocycles. The van der Waals surface area contributed by atoms with E-state index in [2.05, 4.69) is 44.2 Å². The van der Waals surface area contributed by atoms with Crippen LogP contribution in [0.2, 0.25) is 0 Å². The molecule has 0 aliphatic carbocycles. The minimum absolute atomic E-state index is 0.161. The number of carbonyl (C=O) groups is 2. The fourth-order valence-corrected chi connectivity index (χ4v) is 2.15. The van der Waals surface area contributed by atoms with Crippen molar-refractivity contribution in [1.29, 1.82) is 0 Å². The van der Waals surface area contributed by atoms with E-state index in [9.17, 15) is 9.59 Å². The smallest absolute Gasteiger partial charge is 0.306 e. The minimum atomic E-state index is -0.250. The maximum Gasteiger partial charge on any atom is 0.306 e. The summed E-state index contributed by atoms with van der Waals surface area (Å²) in [6, 6.07) is 0. The van der Waals surface area contributed by atoms with Gasteiger partial charge in [0.1, 0.15) is 5.78 Å². The van der Waals surface area contributed by atoms with Gasteiger partial charge in [0.25, 0.3) is 0 Å². The molecule has 0 aliphatic rings.